The van der Waals surface area contributed by atoms with Crippen LogP contribution in [-0.2, 0) is 34.4 Å². The number of anilines is 1. The van der Waals surface area contributed by atoms with Crippen LogP contribution in [0.1, 0.15) is 101 Å². The highest BCUT2D eigenvalue weighted by Crippen LogP contribution is 2.56. The molecule has 1 aliphatic rings. The summed E-state index contributed by atoms with van der Waals surface area (Å²) in [5, 5.41) is 4.58. The lowest BCUT2D eigenvalue weighted by Gasteiger charge is -2.57. The number of aryl methyl sites for hydroxylation is 1. The van der Waals surface area contributed by atoms with Gasteiger partial charge in [-0.2, -0.15) is 0 Å². The Morgan fingerprint density at radius 1 is 0.875 bits per heavy atom. The maximum atomic E-state index is 13.2. The number of amides is 1. The maximum Gasteiger partial charge on any atom is 0.350 e. The molecule has 0 unspecified atom stereocenters. The van der Waals surface area contributed by atoms with Gasteiger partial charge in [0.05, 0.1) is 18.6 Å². The average Bonchev–Trinajstić information content (AvgIpc) is 3.12. The molecule has 0 aliphatic carbocycles. The summed E-state index contributed by atoms with van der Waals surface area (Å²) in [6.45, 7) is 24.1. The number of rotatable bonds is 15. The van der Waals surface area contributed by atoms with Crippen LogP contribution in [0.4, 0.5) is 5.69 Å². The fraction of sp³-hybridized carbons (Fsp3) is 0.500. The number of ether oxygens (including phenoxy) is 1. The van der Waals surface area contributed by atoms with E-state index in [1.54, 1.807) is 0 Å². The summed E-state index contributed by atoms with van der Waals surface area (Å²) >= 11 is 0. The summed E-state index contributed by atoms with van der Waals surface area (Å²) in [7, 11) is -4.46. The smallest absolute Gasteiger partial charge is 0.350 e. The zero-order valence-corrected chi connectivity index (χ0v) is 37.7. The Balaban J connectivity index is 1.76. The number of hydrogen-bond acceptors (Lipinski definition) is 7. The van der Waals surface area contributed by atoms with Crippen molar-refractivity contribution in [3.63, 3.8) is 0 Å². The molecule has 0 saturated carbocycles. The highest BCUT2D eigenvalue weighted by molar-refractivity contribution is 7.00. The van der Waals surface area contributed by atoms with Crippen LogP contribution in [0.15, 0.2) is 90.5 Å². The first-order valence-corrected chi connectivity index (χ1v) is 23.6. The molecule has 1 heterocycles. The summed E-state index contributed by atoms with van der Waals surface area (Å²) in [4.78, 5) is 36.5. The van der Waals surface area contributed by atoms with E-state index in [2.05, 4.69) is 142 Å². The molecule has 1 saturated heterocycles. The molecule has 0 aromatic heterocycles. The first-order valence-electron chi connectivity index (χ1n) is 19.9. The van der Waals surface area contributed by atoms with E-state index < -0.39 is 23.0 Å². The van der Waals surface area contributed by atoms with E-state index in [0.29, 0.717) is 37.0 Å². The van der Waals surface area contributed by atoms with Crippen molar-refractivity contribution in [2.24, 2.45) is 5.92 Å². The van der Waals surface area contributed by atoms with Crippen molar-refractivity contribution in [1.82, 2.24) is 0 Å². The fourth-order valence-electron chi connectivity index (χ4n) is 8.45. The standard InChI is InChI=1S/C46H65NO7Si2/c1-33(43-34(2)41(26-27-48)53-56(54-43,45(6,7)8)46(9,10)11)20-19-21-35-28-36(47-42(50)31-38(32-49)51-12)30-37(29-35)52-55(44(3,4)5,39-22-15-13-16-23-39)40-24-17-14-18-25-40/h13-18,20,22-25,27-30,32,34,38,41,43H,19,21,26,31H2,1-12H3,(H,47,50)/b33-20-/t34-,38+,41-,43-/m0/s1. The Bertz CT molecular complexity index is 1760. The Kier molecular flexibility index (Phi) is 14.7. The predicted octanol–water partition coefficient (Wildman–Crippen LogP) is 9.10. The van der Waals surface area contributed by atoms with Gasteiger partial charge < -0.3 is 32.9 Å². The van der Waals surface area contributed by atoms with E-state index in [1.807, 2.05) is 24.3 Å². The quantitative estimate of drug-likeness (QED) is 0.0931. The maximum absolute atomic E-state index is 13.2. The van der Waals surface area contributed by atoms with E-state index in [-0.39, 0.29) is 45.6 Å². The highest BCUT2D eigenvalue weighted by atomic mass is 28.4. The van der Waals surface area contributed by atoms with Crippen molar-refractivity contribution in [1.29, 1.82) is 0 Å². The van der Waals surface area contributed by atoms with Crippen LogP contribution in [0.3, 0.4) is 0 Å². The number of nitrogens with one attached hydrogen (secondary N) is 1. The first-order chi connectivity index (χ1) is 26.2. The number of hydrogen-bond donors (Lipinski definition) is 1. The van der Waals surface area contributed by atoms with E-state index in [4.69, 9.17) is 18.0 Å². The van der Waals surface area contributed by atoms with Crippen LogP contribution < -0.4 is 20.1 Å². The molecule has 0 bridgehead atoms. The predicted molar refractivity (Wildman–Crippen MR) is 232 cm³/mol. The van der Waals surface area contributed by atoms with Gasteiger partial charge in [-0.05, 0) is 58.4 Å². The van der Waals surface area contributed by atoms with Gasteiger partial charge in [-0.15, -0.1) is 0 Å². The lowest BCUT2D eigenvalue weighted by molar-refractivity contribution is -0.124. The second-order valence-electron chi connectivity index (χ2n) is 18.4. The van der Waals surface area contributed by atoms with E-state index in [1.165, 1.54) is 7.11 Å². The van der Waals surface area contributed by atoms with Crippen molar-refractivity contribution in [2.45, 2.75) is 135 Å². The summed E-state index contributed by atoms with van der Waals surface area (Å²) in [5.74, 6) is 0.332. The molecule has 1 aliphatic heterocycles. The van der Waals surface area contributed by atoms with Gasteiger partial charge in [0, 0.05) is 41.3 Å². The molecule has 304 valence electrons. The Hall–Kier alpha value is -3.68. The average molecular weight is 800 g/mol. The van der Waals surface area contributed by atoms with Crippen molar-refractivity contribution in [3.05, 3.63) is 96.1 Å². The van der Waals surface area contributed by atoms with Gasteiger partial charge >= 0.3 is 16.9 Å². The molecule has 4 rings (SSSR count). The third-order valence-electron chi connectivity index (χ3n) is 11.1. The SMILES string of the molecule is CO[C@@H](C=O)CC(=O)Nc1cc(CC/C=C(/C)[C@@H]2O[Si](C(C)(C)C)(C(C)(C)C)O[C@@H](CC=O)[C@@H]2C)cc(O[Si](c2ccccc2)(c2ccccc2)C(C)(C)C)c1. The van der Waals surface area contributed by atoms with Gasteiger partial charge in [0.15, 0.2) is 0 Å². The minimum absolute atomic E-state index is 0.00550. The monoisotopic (exact) mass is 799 g/mol. The molecular weight excluding hydrogens is 735 g/mol. The normalized spacial score (nSPS) is 19.9. The fourth-order valence-corrected chi connectivity index (χ4v) is 18.1. The van der Waals surface area contributed by atoms with Gasteiger partial charge in [-0.3, -0.25) is 4.79 Å². The van der Waals surface area contributed by atoms with Gasteiger partial charge in [-0.1, -0.05) is 136 Å². The summed E-state index contributed by atoms with van der Waals surface area (Å²) in [5.41, 5.74) is 2.70. The van der Waals surface area contributed by atoms with Crippen molar-refractivity contribution in [2.75, 3.05) is 12.4 Å². The Labute approximate surface area is 338 Å². The van der Waals surface area contributed by atoms with Crippen LogP contribution in [0, 0.1) is 5.92 Å². The Morgan fingerprint density at radius 3 is 1.93 bits per heavy atom. The van der Waals surface area contributed by atoms with Gasteiger partial charge in [-0.25, -0.2) is 0 Å². The van der Waals surface area contributed by atoms with Gasteiger partial charge in [0.25, 0.3) is 0 Å². The lowest BCUT2D eigenvalue weighted by Crippen LogP contribution is -2.68. The number of benzene rings is 3. The third-order valence-corrected chi connectivity index (χ3v) is 21.2. The minimum Gasteiger partial charge on any atom is -0.534 e. The molecule has 0 spiro atoms. The summed E-state index contributed by atoms with van der Waals surface area (Å²) in [6.07, 6.45) is 4.23. The highest BCUT2D eigenvalue weighted by Gasteiger charge is 2.63. The molecule has 3 aromatic carbocycles. The van der Waals surface area contributed by atoms with Crippen LogP contribution in [0.2, 0.25) is 15.1 Å². The second-order valence-corrected chi connectivity index (χ2v) is 27.3. The molecule has 1 N–H and O–H groups in total. The largest absolute Gasteiger partial charge is 0.534 e. The minimum atomic E-state index is -2.99. The molecule has 56 heavy (non-hydrogen) atoms. The summed E-state index contributed by atoms with van der Waals surface area (Å²) < 4.78 is 26.7. The van der Waals surface area contributed by atoms with Crippen LogP contribution in [0.5, 0.6) is 5.75 Å². The number of carbonyl (C=O) groups excluding carboxylic acids is 3. The topological polar surface area (TPSA) is 100 Å². The zero-order valence-electron chi connectivity index (χ0n) is 35.7. The second kappa shape index (κ2) is 18.3. The van der Waals surface area contributed by atoms with Crippen LogP contribution in [0.25, 0.3) is 0 Å². The van der Waals surface area contributed by atoms with Crippen molar-refractivity contribution in [3.8, 4) is 5.75 Å². The number of aldehydes is 2. The van der Waals surface area contributed by atoms with Gasteiger partial charge in [0.2, 0.25) is 5.91 Å². The molecule has 8 nitrogen and oxygen atoms in total. The zero-order chi connectivity index (χ0) is 41.5. The van der Waals surface area contributed by atoms with Crippen LogP contribution in [-0.4, -0.2) is 60.8 Å². The number of carbonyl (C=O) groups is 3. The Morgan fingerprint density at radius 2 is 1.45 bits per heavy atom. The molecule has 4 atom stereocenters. The lowest BCUT2D eigenvalue weighted by atomic mass is 9.91. The van der Waals surface area contributed by atoms with E-state index in [0.717, 1.165) is 27.8 Å². The molecule has 1 fully saturated rings. The van der Waals surface area contributed by atoms with Crippen molar-refractivity contribution >= 4 is 51.4 Å². The van der Waals surface area contributed by atoms with Crippen molar-refractivity contribution < 1.29 is 32.4 Å². The molecule has 0 radical (unpaired) electrons. The summed E-state index contributed by atoms with van der Waals surface area (Å²) in [6, 6.07) is 26.9. The number of methoxy groups -OCH3 is 1. The van der Waals surface area contributed by atoms with Crippen LogP contribution >= 0.6 is 0 Å². The van der Waals surface area contributed by atoms with E-state index in [9.17, 15) is 14.4 Å². The number of allylic oxidation sites excluding steroid dienone is 1. The molecule has 10 heteroatoms. The third kappa shape index (κ3) is 9.88. The molecule has 1 amide bonds. The van der Waals surface area contributed by atoms with E-state index >= 15 is 0 Å². The molecular formula is C46H65NO7Si2. The molecule has 3 aromatic rings. The van der Waals surface area contributed by atoms with Gasteiger partial charge in [0.1, 0.15) is 24.4 Å². The first kappa shape index (κ1) is 45.0.